The van der Waals surface area contributed by atoms with Gasteiger partial charge in [-0.15, -0.1) is 0 Å². The van der Waals surface area contributed by atoms with Gasteiger partial charge in [0.1, 0.15) is 0 Å². The molecule has 7 aliphatic rings. The van der Waals surface area contributed by atoms with Gasteiger partial charge in [-0.05, 0) is 86.5 Å². The highest BCUT2D eigenvalue weighted by Gasteiger charge is 2.74. The number of piperazine rings is 1. The molecule has 3 saturated carbocycles. The lowest BCUT2D eigenvalue weighted by Crippen LogP contribution is -2.67. The van der Waals surface area contributed by atoms with Crippen LogP contribution in [0.15, 0.2) is 69.4 Å². The van der Waals surface area contributed by atoms with Crippen molar-refractivity contribution >= 4 is 11.7 Å². The Hall–Kier alpha value is -2.94. The van der Waals surface area contributed by atoms with E-state index < -0.39 is 11.0 Å². The van der Waals surface area contributed by atoms with Crippen LogP contribution < -0.4 is 0 Å². The summed E-state index contributed by atoms with van der Waals surface area (Å²) in [6.07, 6.45) is 15.4. The molecule has 3 heterocycles. The van der Waals surface area contributed by atoms with Crippen LogP contribution in [-0.2, 0) is 0 Å². The number of nitrogens with zero attached hydrogens (tertiary/aromatic N) is 2. The maximum atomic E-state index is 14.3. The van der Waals surface area contributed by atoms with Gasteiger partial charge in [0, 0.05) is 54.5 Å². The third-order valence-electron chi connectivity index (χ3n) is 13.6. The molecule has 2 aromatic heterocycles. The first-order valence-corrected chi connectivity index (χ1v) is 16.5. The fourth-order valence-electron chi connectivity index (χ4n) is 11.2. The Morgan fingerprint density at radius 3 is 2.25 bits per heavy atom. The maximum absolute atomic E-state index is 14.3. The predicted molar refractivity (Wildman–Crippen MR) is 163 cm³/mol. The van der Waals surface area contributed by atoms with Gasteiger partial charge >= 0.3 is 0 Å². The average molecular weight is 601 g/mol. The van der Waals surface area contributed by atoms with E-state index in [1.165, 1.54) is 6.26 Å². The maximum Gasteiger partial charge on any atom is 0.289 e. The van der Waals surface area contributed by atoms with Gasteiger partial charge in [0.05, 0.1) is 24.2 Å². The number of fused-ring (bicyclic) bond motifs is 1. The van der Waals surface area contributed by atoms with Crippen molar-refractivity contribution in [1.29, 1.82) is 0 Å². The number of ketones is 1. The predicted octanol–water partition coefficient (Wildman–Crippen LogP) is 5.10. The van der Waals surface area contributed by atoms with E-state index in [9.17, 15) is 19.8 Å². The lowest BCUT2D eigenvalue weighted by molar-refractivity contribution is -0.177. The summed E-state index contributed by atoms with van der Waals surface area (Å²) in [5, 5.41) is 23.5. The van der Waals surface area contributed by atoms with Crippen molar-refractivity contribution in [2.75, 3.05) is 32.7 Å². The van der Waals surface area contributed by atoms with Crippen molar-refractivity contribution in [2.45, 2.75) is 70.5 Å². The number of hydrogen-bond donors (Lipinski definition) is 2. The minimum atomic E-state index is -0.910. The molecule has 8 atom stereocenters. The van der Waals surface area contributed by atoms with Gasteiger partial charge in [-0.1, -0.05) is 32.1 Å². The largest absolute Gasteiger partial charge is 0.461 e. The number of carbonyl (C=O) groups is 2. The number of β-amino-alcohol motifs (C(OH)–C–C–N with tert-alkyl or cyclic N) is 1. The highest BCUT2D eigenvalue weighted by atomic mass is 16.3. The number of furan rings is 2. The fraction of sp³-hybridized carbons (Fsp3) is 0.611. The third kappa shape index (κ3) is 3.62. The van der Waals surface area contributed by atoms with E-state index in [2.05, 4.69) is 37.0 Å². The first kappa shape index (κ1) is 28.5. The molecule has 8 heteroatoms. The smallest absolute Gasteiger partial charge is 0.289 e. The van der Waals surface area contributed by atoms with E-state index >= 15 is 0 Å². The van der Waals surface area contributed by atoms with Crippen LogP contribution in [0.3, 0.4) is 0 Å². The van der Waals surface area contributed by atoms with Gasteiger partial charge in [-0.3, -0.25) is 14.5 Å². The Balaban J connectivity index is 1.11. The third-order valence-corrected chi connectivity index (χ3v) is 13.6. The molecule has 2 N–H and O–H groups in total. The molecular formula is C36H44N2O6. The molecular weight excluding hydrogens is 556 g/mol. The van der Waals surface area contributed by atoms with Crippen LogP contribution in [0.2, 0.25) is 0 Å². The molecule has 1 saturated heterocycles. The minimum Gasteiger partial charge on any atom is -0.461 e. The monoisotopic (exact) mass is 600 g/mol. The first-order valence-electron chi connectivity index (χ1n) is 16.5. The van der Waals surface area contributed by atoms with Crippen molar-refractivity contribution < 1.29 is 28.6 Å². The second kappa shape index (κ2) is 9.54. The Bertz CT molecular complexity index is 1520. The van der Waals surface area contributed by atoms with Crippen LogP contribution in [0.1, 0.15) is 79.9 Å². The average Bonchev–Trinajstić information content (AvgIpc) is 3.79. The zero-order chi connectivity index (χ0) is 30.5. The second-order valence-electron chi connectivity index (χ2n) is 15.2. The minimum absolute atomic E-state index is 0.0529. The summed E-state index contributed by atoms with van der Waals surface area (Å²) >= 11 is 0. The number of Topliss-reactive ketones (excluding diaryl/α,β-unsaturated/α-hetero) is 1. The molecule has 0 aromatic carbocycles. The van der Waals surface area contributed by atoms with E-state index in [4.69, 9.17) is 8.83 Å². The number of aliphatic hydroxyl groups is 2. The van der Waals surface area contributed by atoms with E-state index in [1.807, 2.05) is 4.90 Å². The van der Waals surface area contributed by atoms with Crippen LogP contribution in [0.4, 0.5) is 0 Å². The Morgan fingerprint density at radius 2 is 1.55 bits per heavy atom. The molecule has 6 aliphatic carbocycles. The van der Waals surface area contributed by atoms with Gasteiger partial charge in [-0.25, -0.2) is 0 Å². The molecule has 2 aromatic rings. The molecule has 8 unspecified atom stereocenters. The molecule has 2 bridgehead atoms. The summed E-state index contributed by atoms with van der Waals surface area (Å²) < 4.78 is 11.0. The Kier molecular flexibility index (Phi) is 6.18. The van der Waals surface area contributed by atoms with E-state index in [1.54, 1.807) is 30.5 Å². The molecule has 9 rings (SSSR count). The summed E-state index contributed by atoms with van der Waals surface area (Å²) in [7, 11) is 0. The lowest BCUT2D eigenvalue weighted by Gasteiger charge is -2.71. The highest BCUT2D eigenvalue weighted by molar-refractivity contribution is 6.08. The second-order valence-corrected chi connectivity index (χ2v) is 15.2. The highest BCUT2D eigenvalue weighted by Crippen LogP contribution is 2.78. The number of aliphatic hydroxyl groups excluding tert-OH is 1. The SMILES string of the molecule is CC12CCC(O)CC13C=CC1(C(C(=O)c4ccco4)=C3)C2CCC2(C)C1CCC2(O)CN1CCN(C(=O)c2ccco2)CC1. The number of allylic oxidation sites excluding steroid dienone is 4. The molecule has 1 amide bonds. The van der Waals surface area contributed by atoms with E-state index in [0.29, 0.717) is 57.1 Å². The molecule has 44 heavy (non-hydrogen) atoms. The normalized spacial score (nSPS) is 42.9. The van der Waals surface area contributed by atoms with Crippen LogP contribution >= 0.6 is 0 Å². The molecule has 8 nitrogen and oxygen atoms in total. The standard InChI is InChI=1S/C36H44N2O6/c1-32-10-7-24(39)21-34(32)13-14-36(25(22-34)30(40)26-5-3-19-43-26)28(32)8-11-33(2)29(36)9-12-35(33,42)23-37-15-17-38(18-16-37)31(41)27-6-4-20-44-27/h3-6,13-14,19-20,22,24,28-29,39,42H,7-12,15-18,21,23H2,1-2H3. The number of rotatable bonds is 5. The van der Waals surface area contributed by atoms with E-state index in [0.717, 1.165) is 37.7 Å². The van der Waals surface area contributed by atoms with Crippen molar-refractivity contribution in [3.05, 3.63) is 72.1 Å². The Labute approximate surface area is 258 Å². The quantitative estimate of drug-likeness (QED) is 0.363. The summed E-state index contributed by atoms with van der Waals surface area (Å²) in [6, 6.07) is 6.97. The van der Waals surface area contributed by atoms with Crippen LogP contribution in [-0.4, -0.2) is 76.1 Å². The zero-order valence-corrected chi connectivity index (χ0v) is 25.8. The van der Waals surface area contributed by atoms with Gasteiger partial charge < -0.3 is 23.9 Å². The van der Waals surface area contributed by atoms with Crippen molar-refractivity contribution in [2.24, 2.45) is 33.5 Å². The topological polar surface area (TPSA) is 107 Å². The van der Waals surface area contributed by atoms with Gasteiger partial charge in [0.25, 0.3) is 5.91 Å². The molecule has 0 radical (unpaired) electrons. The number of carbonyl (C=O) groups excluding carboxylic acids is 2. The van der Waals surface area contributed by atoms with Gasteiger partial charge in [0.2, 0.25) is 5.78 Å². The molecule has 4 fully saturated rings. The lowest BCUT2D eigenvalue weighted by atomic mass is 9.32. The van der Waals surface area contributed by atoms with Gasteiger partial charge in [-0.2, -0.15) is 0 Å². The Morgan fingerprint density at radius 1 is 0.886 bits per heavy atom. The summed E-state index contributed by atoms with van der Waals surface area (Å²) in [6.45, 7) is 7.84. The fourth-order valence-corrected chi connectivity index (χ4v) is 11.2. The van der Waals surface area contributed by atoms with E-state index in [-0.39, 0.29) is 45.9 Å². The number of amides is 1. The van der Waals surface area contributed by atoms with Crippen molar-refractivity contribution in [3.8, 4) is 0 Å². The van der Waals surface area contributed by atoms with Crippen LogP contribution in [0.5, 0.6) is 0 Å². The molecule has 2 spiro atoms. The van der Waals surface area contributed by atoms with Gasteiger partial charge in [0.15, 0.2) is 11.5 Å². The van der Waals surface area contributed by atoms with Crippen LogP contribution in [0.25, 0.3) is 0 Å². The summed E-state index contributed by atoms with van der Waals surface area (Å²) in [5.74, 6) is 0.947. The number of hydrogen-bond acceptors (Lipinski definition) is 7. The van der Waals surface area contributed by atoms with Crippen molar-refractivity contribution in [1.82, 2.24) is 9.80 Å². The summed E-state index contributed by atoms with van der Waals surface area (Å²) in [5.41, 5.74) is -1.39. The first-order chi connectivity index (χ1) is 21.1. The van der Waals surface area contributed by atoms with Crippen LogP contribution in [0, 0.1) is 33.5 Å². The molecule has 1 aliphatic heterocycles. The summed E-state index contributed by atoms with van der Waals surface area (Å²) in [4.78, 5) is 31.3. The zero-order valence-electron chi connectivity index (χ0n) is 25.8. The van der Waals surface area contributed by atoms with Crippen molar-refractivity contribution in [3.63, 3.8) is 0 Å². The molecule has 234 valence electrons.